The Bertz CT molecular complexity index is 924. The van der Waals surface area contributed by atoms with Gasteiger partial charge >= 0.3 is 0 Å². The maximum absolute atomic E-state index is 12.8. The van der Waals surface area contributed by atoms with Gasteiger partial charge in [-0.3, -0.25) is 4.79 Å². The molecule has 1 amide bonds. The van der Waals surface area contributed by atoms with Crippen LogP contribution in [0.15, 0.2) is 62.0 Å². The molecule has 4 rings (SSSR count). The first-order valence-electron chi connectivity index (χ1n) is 8.21. The van der Waals surface area contributed by atoms with Crippen molar-refractivity contribution in [2.75, 3.05) is 12.9 Å². The zero-order valence-electron chi connectivity index (χ0n) is 14.4. The maximum Gasteiger partial charge on any atom is 0.253 e. The number of nitrogens with zero attached hydrogens (tertiary/aromatic N) is 4. The Kier molecular flexibility index (Phi) is 5.21. The number of hydrazone groups is 1. The molecule has 9 heteroatoms. The number of carbonyl (C=O) groups is 1. The van der Waals surface area contributed by atoms with E-state index in [2.05, 4.69) is 15.3 Å². The minimum absolute atomic E-state index is 0.0971. The predicted octanol–water partition coefficient (Wildman–Crippen LogP) is 3.61. The summed E-state index contributed by atoms with van der Waals surface area (Å²) in [4.78, 5) is 12.8. The van der Waals surface area contributed by atoms with Crippen molar-refractivity contribution in [3.05, 3.63) is 59.5 Å². The van der Waals surface area contributed by atoms with Crippen LogP contribution < -0.4 is 4.74 Å². The Hall–Kier alpha value is -2.65. The molecule has 1 aliphatic rings. The number of thioether (sulfide) groups is 1. The highest BCUT2D eigenvalue weighted by molar-refractivity contribution is 8.01. The van der Waals surface area contributed by atoms with Gasteiger partial charge in [0.15, 0.2) is 4.34 Å². The third-order valence-electron chi connectivity index (χ3n) is 4.12. The number of methoxy groups -OCH3 is 1. The van der Waals surface area contributed by atoms with Gasteiger partial charge in [-0.25, -0.2) is 5.01 Å². The minimum Gasteiger partial charge on any atom is -0.497 e. The van der Waals surface area contributed by atoms with Crippen molar-refractivity contribution in [3.63, 3.8) is 0 Å². The molecule has 0 saturated heterocycles. The van der Waals surface area contributed by atoms with Crippen LogP contribution in [0.25, 0.3) is 0 Å². The summed E-state index contributed by atoms with van der Waals surface area (Å²) in [5, 5.41) is 13.9. The van der Waals surface area contributed by atoms with Crippen LogP contribution in [0, 0.1) is 0 Å². The van der Waals surface area contributed by atoms with Gasteiger partial charge in [-0.15, -0.1) is 10.2 Å². The lowest BCUT2D eigenvalue weighted by Crippen LogP contribution is -2.28. The highest BCUT2D eigenvalue weighted by atomic mass is 32.2. The molecule has 1 aliphatic heterocycles. The largest absolute Gasteiger partial charge is 0.497 e. The van der Waals surface area contributed by atoms with Gasteiger partial charge in [0.05, 0.1) is 24.8 Å². The van der Waals surface area contributed by atoms with E-state index < -0.39 is 0 Å². The Morgan fingerprint density at radius 1 is 1.37 bits per heavy atom. The Labute approximate surface area is 164 Å². The van der Waals surface area contributed by atoms with Crippen LogP contribution in [-0.4, -0.2) is 39.7 Å². The molecule has 7 nitrogen and oxygen atoms in total. The molecule has 0 radical (unpaired) electrons. The van der Waals surface area contributed by atoms with Gasteiger partial charge in [-0.1, -0.05) is 23.1 Å². The molecule has 0 bridgehead atoms. The van der Waals surface area contributed by atoms with E-state index in [0.29, 0.717) is 6.42 Å². The van der Waals surface area contributed by atoms with Crippen molar-refractivity contribution in [1.82, 2.24) is 15.2 Å². The normalized spacial score (nSPS) is 16.4. The average Bonchev–Trinajstić information content (AvgIpc) is 3.47. The van der Waals surface area contributed by atoms with E-state index in [0.717, 1.165) is 27.1 Å². The third-order valence-corrected chi connectivity index (χ3v) is 5.96. The van der Waals surface area contributed by atoms with Crippen LogP contribution in [0.3, 0.4) is 0 Å². The summed E-state index contributed by atoms with van der Waals surface area (Å²) in [6.07, 6.45) is 2.20. The molecular formula is C18H16N4O3S2. The van der Waals surface area contributed by atoms with Crippen LogP contribution >= 0.6 is 23.1 Å². The van der Waals surface area contributed by atoms with Crippen LogP contribution in [0.4, 0.5) is 0 Å². The number of hydrogen-bond acceptors (Lipinski definition) is 8. The summed E-state index contributed by atoms with van der Waals surface area (Å²) >= 11 is 2.77. The molecule has 0 saturated carbocycles. The molecule has 27 heavy (non-hydrogen) atoms. The van der Waals surface area contributed by atoms with Gasteiger partial charge in [0.2, 0.25) is 0 Å². The number of carbonyl (C=O) groups excluding carboxylic acids is 1. The van der Waals surface area contributed by atoms with E-state index in [4.69, 9.17) is 9.15 Å². The van der Waals surface area contributed by atoms with Gasteiger partial charge in [0.25, 0.3) is 5.91 Å². The minimum atomic E-state index is -0.250. The smallest absolute Gasteiger partial charge is 0.253 e. The van der Waals surface area contributed by atoms with E-state index in [9.17, 15) is 4.79 Å². The van der Waals surface area contributed by atoms with Crippen molar-refractivity contribution >= 4 is 34.7 Å². The Morgan fingerprint density at radius 3 is 2.89 bits per heavy atom. The molecule has 1 atom stereocenters. The van der Waals surface area contributed by atoms with E-state index >= 15 is 0 Å². The van der Waals surface area contributed by atoms with Gasteiger partial charge in [-0.05, 0) is 42.0 Å². The summed E-state index contributed by atoms with van der Waals surface area (Å²) in [7, 11) is 1.63. The van der Waals surface area contributed by atoms with Gasteiger partial charge in [0, 0.05) is 6.42 Å². The second-order valence-corrected chi connectivity index (χ2v) is 7.80. The first-order valence-corrected chi connectivity index (χ1v) is 10.1. The number of rotatable bonds is 6. The monoisotopic (exact) mass is 400 g/mol. The number of benzene rings is 1. The number of ether oxygens (including phenoxy) is 1. The van der Waals surface area contributed by atoms with Crippen molar-refractivity contribution in [2.24, 2.45) is 5.10 Å². The van der Waals surface area contributed by atoms with E-state index in [1.807, 2.05) is 36.4 Å². The topological polar surface area (TPSA) is 80.8 Å². The number of furan rings is 1. The summed E-state index contributed by atoms with van der Waals surface area (Å²) in [5.41, 5.74) is 3.45. The first-order chi connectivity index (χ1) is 13.2. The van der Waals surface area contributed by atoms with Crippen LogP contribution in [0.5, 0.6) is 5.75 Å². The van der Waals surface area contributed by atoms with Gasteiger partial charge < -0.3 is 9.15 Å². The molecule has 2 aromatic heterocycles. The SMILES string of the molecule is COc1ccc(C2=NN(C(=O)CSc3nncs3)[C@H](c3ccco3)C2)cc1. The second-order valence-electron chi connectivity index (χ2n) is 5.74. The summed E-state index contributed by atoms with van der Waals surface area (Å²) < 4.78 is 11.5. The van der Waals surface area contributed by atoms with E-state index in [1.54, 1.807) is 18.9 Å². The van der Waals surface area contributed by atoms with Gasteiger partial charge in [-0.2, -0.15) is 5.10 Å². The molecule has 3 heterocycles. The van der Waals surface area contributed by atoms with Crippen LogP contribution in [-0.2, 0) is 4.79 Å². The van der Waals surface area contributed by atoms with Crippen LogP contribution in [0.1, 0.15) is 23.8 Å². The first kappa shape index (κ1) is 17.7. The Balaban J connectivity index is 1.56. The maximum atomic E-state index is 12.8. The molecule has 3 aromatic rings. The van der Waals surface area contributed by atoms with Crippen molar-refractivity contribution in [1.29, 1.82) is 0 Å². The average molecular weight is 400 g/mol. The van der Waals surface area contributed by atoms with E-state index in [1.165, 1.54) is 28.1 Å². The lowest BCUT2D eigenvalue weighted by molar-refractivity contribution is -0.130. The standard InChI is InChI=1S/C18H16N4O3S2/c1-24-13-6-4-12(5-7-13)14-9-15(16-3-2-8-25-16)22(21-14)17(23)10-26-18-20-19-11-27-18/h2-8,11,15H,9-10H2,1H3/t15-/m0/s1. The molecule has 0 fully saturated rings. The second kappa shape index (κ2) is 7.93. The van der Waals surface area contributed by atoms with E-state index in [-0.39, 0.29) is 17.7 Å². The van der Waals surface area contributed by atoms with Gasteiger partial charge in [0.1, 0.15) is 23.1 Å². The fourth-order valence-electron chi connectivity index (χ4n) is 2.82. The number of amides is 1. The highest BCUT2D eigenvalue weighted by Crippen LogP contribution is 2.34. The predicted molar refractivity (Wildman–Crippen MR) is 103 cm³/mol. The molecule has 0 aliphatic carbocycles. The molecule has 0 spiro atoms. The van der Waals surface area contributed by atoms with Crippen molar-refractivity contribution < 1.29 is 13.9 Å². The lowest BCUT2D eigenvalue weighted by atomic mass is 10.0. The van der Waals surface area contributed by atoms with Crippen LogP contribution in [0.2, 0.25) is 0 Å². The van der Waals surface area contributed by atoms with Crippen molar-refractivity contribution in [2.45, 2.75) is 16.8 Å². The summed E-state index contributed by atoms with van der Waals surface area (Å²) in [6, 6.07) is 11.1. The number of hydrogen-bond donors (Lipinski definition) is 0. The zero-order valence-corrected chi connectivity index (χ0v) is 16.1. The van der Waals surface area contributed by atoms with Crippen molar-refractivity contribution in [3.8, 4) is 5.75 Å². The molecule has 0 unspecified atom stereocenters. The third kappa shape index (κ3) is 3.88. The molecule has 1 aromatic carbocycles. The molecular weight excluding hydrogens is 384 g/mol. The Morgan fingerprint density at radius 2 is 2.22 bits per heavy atom. The molecule has 0 N–H and O–H groups in total. The quantitative estimate of drug-likeness (QED) is 0.588. The fourth-order valence-corrected chi connectivity index (χ4v) is 4.16. The summed E-state index contributed by atoms with van der Waals surface area (Å²) in [5.74, 6) is 1.64. The fraction of sp³-hybridized carbons (Fsp3) is 0.222. The lowest BCUT2D eigenvalue weighted by Gasteiger charge is -2.19. The molecule has 138 valence electrons. The zero-order chi connectivity index (χ0) is 18.6. The number of aromatic nitrogens is 2. The summed E-state index contributed by atoms with van der Waals surface area (Å²) in [6.45, 7) is 0. The highest BCUT2D eigenvalue weighted by Gasteiger charge is 2.34.